The molecule has 3 aromatic carbocycles. The van der Waals surface area contributed by atoms with Crippen LogP contribution in [0.2, 0.25) is 5.02 Å². The predicted octanol–water partition coefficient (Wildman–Crippen LogP) is 5.83. The number of nitro groups is 1. The van der Waals surface area contributed by atoms with Gasteiger partial charge in [0.2, 0.25) is 0 Å². The maximum Gasteiger partial charge on any atom is 0.275 e. The lowest BCUT2D eigenvalue weighted by Gasteiger charge is -2.12. The van der Waals surface area contributed by atoms with Crippen LogP contribution in [0.15, 0.2) is 79.0 Å². The highest BCUT2D eigenvalue weighted by molar-refractivity contribution is 6.32. The number of amides is 1. The first-order valence-corrected chi connectivity index (χ1v) is 10.5. The molecule has 9 nitrogen and oxygen atoms in total. The zero-order valence-corrected chi connectivity index (χ0v) is 18.7. The molecule has 1 amide bonds. The number of carbonyl (C=O) groups is 1. The van der Waals surface area contributed by atoms with Crippen molar-refractivity contribution >= 4 is 28.9 Å². The van der Waals surface area contributed by atoms with Crippen LogP contribution in [0.4, 0.5) is 11.4 Å². The molecule has 10 heteroatoms. The maximum atomic E-state index is 12.9. The zero-order chi connectivity index (χ0) is 24.1. The van der Waals surface area contributed by atoms with Crippen molar-refractivity contribution in [1.82, 2.24) is 9.78 Å². The summed E-state index contributed by atoms with van der Waals surface area (Å²) in [4.78, 5) is 23.8. The standard InChI is InChI=1S/C24H19ClN4O5/c1-16-6-8-19(9-7-16)34-20-13-17(12-18(14-20)29(31)32)27-24(30)22-10-11-26-28(22)15-33-23-5-3-2-4-21(23)25/h2-14H,15H2,1H3,(H,27,30). The van der Waals surface area contributed by atoms with Gasteiger partial charge >= 0.3 is 0 Å². The Balaban J connectivity index is 1.52. The Hall–Kier alpha value is -4.37. The Morgan fingerprint density at radius 1 is 1.09 bits per heavy atom. The number of hydrogen-bond acceptors (Lipinski definition) is 6. The Morgan fingerprint density at radius 3 is 2.59 bits per heavy atom. The van der Waals surface area contributed by atoms with E-state index in [1.807, 2.05) is 19.1 Å². The fourth-order valence-electron chi connectivity index (χ4n) is 3.08. The summed E-state index contributed by atoms with van der Waals surface area (Å²) in [5.74, 6) is 0.645. The molecule has 4 rings (SSSR count). The van der Waals surface area contributed by atoms with Gasteiger partial charge < -0.3 is 14.8 Å². The molecule has 1 aromatic heterocycles. The second kappa shape index (κ2) is 10.1. The van der Waals surface area contributed by atoms with Crippen molar-refractivity contribution in [3.63, 3.8) is 0 Å². The number of hydrogen-bond donors (Lipinski definition) is 1. The maximum absolute atomic E-state index is 12.9. The summed E-state index contributed by atoms with van der Waals surface area (Å²) >= 11 is 6.09. The quantitative estimate of drug-likeness (QED) is 0.252. The second-order valence-corrected chi connectivity index (χ2v) is 7.67. The summed E-state index contributed by atoms with van der Waals surface area (Å²) in [6, 6.07) is 19.7. The van der Waals surface area contributed by atoms with Gasteiger partial charge in [0.1, 0.15) is 22.9 Å². The molecule has 0 saturated carbocycles. The average Bonchev–Trinajstić information content (AvgIpc) is 3.29. The first kappa shape index (κ1) is 22.8. The van der Waals surface area contributed by atoms with Crippen LogP contribution in [-0.4, -0.2) is 20.6 Å². The fraction of sp³-hybridized carbons (Fsp3) is 0.0833. The lowest BCUT2D eigenvalue weighted by atomic mass is 10.2. The highest BCUT2D eigenvalue weighted by Gasteiger charge is 2.17. The molecule has 0 aliphatic rings. The van der Waals surface area contributed by atoms with E-state index in [0.29, 0.717) is 16.5 Å². The van der Waals surface area contributed by atoms with Gasteiger partial charge in [-0.25, -0.2) is 4.68 Å². The summed E-state index contributed by atoms with van der Waals surface area (Å²) in [6.45, 7) is 1.88. The molecule has 1 N–H and O–H groups in total. The normalized spacial score (nSPS) is 10.5. The largest absolute Gasteiger partial charge is 0.470 e. The van der Waals surface area contributed by atoms with Gasteiger partial charge in [-0.05, 0) is 37.3 Å². The number of ether oxygens (including phenoxy) is 2. The lowest BCUT2D eigenvalue weighted by Crippen LogP contribution is -2.19. The molecule has 1 heterocycles. The van der Waals surface area contributed by atoms with Crippen molar-refractivity contribution in [2.45, 2.75) is 13.7 Å². The molecular weight excluding hydrogens is 460 g/mol. The van der Waals surface area contributed by atoms with Crippen LogP contribution in [0, 0.1) is 17.0 Å². The van der Waals surface area contributed by atoms with Crippen LogP contribution in [0.25, 0.3) is 0 Å². The van der Waals surface area contributed by atoms with Gasteiger partial charge in [0.15, 0.2) is 6.73 Å². The van der Waals surface area contributed by atoms with Gasteiger partial charge in [-0.15, -0.1) is 0 Å². The number of benzene rings is 3. The van der Waals surface area contributed by atoms with Crippen molar-refractivity contribution < 1.29 is 19.2 Å². The molecule has 0 saturated heterocycles. The number of nitrogens with zero attached hydrogens (tertiary/aromatic N) is 3. The molecule has 0 unspecified atom stereocenters. The number of aromatic nitrogens is 2. The zero-order valence-electron chi connectivity index (χ0n) is 18.0. The van der Waals surface area contributed by atoms with E-state index in [4.69, 9.17) is 21.1 Å². The Bertz CT molecular complexity index is 1340. The molecule has 0 atom stereocenters. The van der Waals surface area contributed by atoms with Gasteiger partial charge in [0, 0.05) is 18.3 Å². The topological polar surface area (TPSA) is 109 Å². The van der Waals surface area contributed by atoms with Crippen LogP contribution in [0.5, 0.6) is 17.2 Å². The molecule has 4 aromatic rings. The van der Waals surface area contributed by atoms with Crippen molar-refractivity contribution in [2.24, 2.45) is 0 Å². The minimum Gasteiger partial charge on any atom is -0.470 e. The number of carbonyl (C=O) groups excluding carboxylic acids is 1. The van der Waals surface area contributed by atoms with E-state index in [1.54, 1.807) is 36.4 Å². The monoisotopic (exact) mass is 478 g/mol. The number of non-ortho nitro benzene ring substituents is 1. The first-order chi connectivity index (χ1) is 16.4. The number of nitro benzene ring substituents is 1. The molecule has 0 spiro atoms. The van der Waals surface area contributed by atoms with Gasteiger partial charge in [0.05, 0.1) is 21.7 Å². The SMILES string of the molecule is Cc1ccc(Oc2cc(NC(=O)c3ccnn3COc3ccccc3Cl)cc([N+](=O)[O-])c2)cc1. The lowest BCUT2D eigenvalue weighted by molar-refractivity contribution is -0.384. The molecule has 0 aliphatic heterocycles. The summed E-state index contributed by atoms with van der Waals surface area (Å²) in [7, 11) is 0. The van der Waals surface area contributed by atoms with Gasteiger partial charge in [0.25, 0.3) is 11.6 Å². The summed E-state index contributed by atoms with van der Waals surface area (Å²) in [5.41, 5.74) is 1.21. The smallest absolute Gasteiger partial charge is 0.275 e. The van der Waals surface area contributed by atoms with E-state index in [1.165, 1.54) is 35.1 Å². The van der Waals surface area contributed by atoms with Crippen LogP contribution >= 0.6 is 11.6 Å². The van der Waals surface area contributed by atoms with Crippen LogP contribution in [-0.2, 0) is 6.73 Å². The summed E-state index contributed by atoms with van der Waals surface area (Å²) in [6.07, 6.45) is 1.45. The van der Waals surface area contributed by atoms with Gasteiger partial charge in [-0.2, -0.15) is 5.10 Å². The first-order valence-electron chi connectivity index (χ1n) is 10.1. The van der Waals surface area contributed by atoms with Crippen molar-refractivity contribution in [2.75, 3.05) is 5.32 Å². The van der Waals surface area contributed by atoms with Gasteiger partial charge in [-0.1, -0.05) is 41.4 Å². The van der Waals surface area contributed by atoms with E-state index in [2.05, 4.69) is 10.4 Å². The highest BCUT2D eigenvalue weighted by atomic mass is 35.5. The third-order valence-corrected chi connectivity index (χ3v) is 5.06. The third-order valence-electron chi connectivity index (χ3n) is 4.74. The van der Waals surface area contributed by atoms with Crippen LogP contribution < -0.4 is 14.8 Å². The minimum absolute atomic E-state index is 0.0593. The minimum atomic E-state index is -0.556. The molecule has 0 aliphatic carbocycles. The highest BCUT2D eigenvalue weighted by Crippen LogP contribution is 2.30. The molecule has 0 bridgehead atoms. The van der Waals surface area contributed by atoms with E-state index < -0.39 is 10.8 Å². The van der Waals surface area contributed by atoms with E-state index in [-0.39, 0.29) is 29.5 Å². The van der Waals surface area contributed by atoms with Crippen LogP contribution in [0.1, 0.15) is 16.1 Å². The average molecular weight is 479 g/mol. The Morgan fingerprint density at radius 2 is 1.85 bits per heavy atom. The van der Waals surface area contributed by atoms with Crippen molar-refractivity contribution in [3.05, 3.63) is 105 Å². The number of nitrogens with one attached hydrogen (secondary N) is 1. The number of para-hydroxylation sites is 1. The van der Waals surface area contributed by atoms with E-state index in [0.717, 1.165) is 5.56 Å². The second-order valence-electron chi connectivity index (χ2n) is 7.26. The molecular formula is C24H19ClN4O5. The number of anilines is 1. The number of aryl methyl sites for hydroxylation is 1. The van der Waals surface area contributed by atoms with Crippen LogP contribution in [0.3, 0.4) is 0 Å². The third kappa shape index (κ3) is 5.51. The number of rotatable bonds is 8. The Labute approximate surface area is 199 Å². The molecule has 172 valence electrons. The summed E-state index contributed by atoms with van der Waals surface area (Å²) < 4.78 is 12.7. The van der Waals surface area contributed by atoms with Crippen molar-refractivity contribution in [1.29, 1.82) is 0 Å². The molecule has 0 fully saturated rings. The number of halogens is 1. The molecule has 0 radical (unpaired) electrons. The van der Waals surface area contributed by atoms with E-state index in [9.17, 15) is 14.9 Å². The van der Waals surface area contributed by atoms with Gasteiger partial charge in [-0.3, -0.25) is 14.9 Å². The van der Waals surface area contributed by atoms with Crippen molar-refractivity contribution in [3.8, 4) is 17.2 Å². The Kier molecular flexibility index (Phi) is 6.74. The molecule has 34 heavy (non-hydrogen) atoms. The van der Waals surface area contributed by atoms with E-state index >= 15 is 0 Å². The summed E-state index contributed by atoms with van der Waals surface area (Å²) in [5, 5.41) is 18.6. The predicted molar refractivity (Wildman–Crippen MR) is 127 cm³/mol. The fourth-order valence-corrected chi connectivity index (χ4v) is 3.27.